The van der Waals surface area contributed by atoms with Gasteiger partial charge in [-0.05, 0) is 12.3 Å². The lowest BCUT2D eigenvalue weighted by Crippen LogP contribution is -2.71. The number of fused-ring (bicyclic) bond motifs is 7. The normalized spacial score (nSPS) is 46.0. The molecule has 138 valence electrons. The molecule has 26 heavy (non-hydrogen) atoms. The Kier molecular flexibility index (Phi) is 3.69. The van der Waals surface area contributed by atoms with Gasteiger partial charge in [0.15, 0.2) is 18.7 Å². The van der Waals surface area contributed by atoms with Gasteiger partial charge in [0.2, 0.25) is 0 Å². The molecule has 8 atom stereocenters. The highest BCUT2D eigenvalue weighted by atomic mass is 16.7. The van der Waals surface area contributed by atoms with E-state index in [1.54, 1.807) is 7.11 Å². The summed E-state index contributed by atoms with van der Waals surface area (Å²) < 4.78 is 23.6. The highest BCUT2D eigenvalue weighted by Gasteiger charge is 2.76. The molecule has 1 saturated carbocycles. The monoisotopic (exact) mass is 359 g/mol. The maximum Gasteiger partial charge on any atom is 0.264 e. The third kappa shape index (κ3) is 2.02. The van der Waals surface area contributed by atoms with Crippen LogP contribution < -0.4 is 0 Å². The van der Waals surface area contributed by atoms with Crippen LogP contribution in [-0.2, 0) is 18.9 Å². The Morgan fingerprint density at radius 3 is 2.77 bits per heavy atom. The van der Waals surface area contributed by atoms with E-state index in [0.29, 0.717) is 0 Å². The standard InChI is InChI=1S/C19H21NO6/c1-23-18-15-12-7-8-13(9-12)19(15,20(21)22)16-14(25-18)10-24-17(26-16)11-5-3-2-4-6-11/h2-8,12-18H,9-10H2,1H3/t12-,13+,14-,15+,16-,17-,18+,19-/m1/s1. The van der Waals surface area contributed by atoms with Crippen LogP contribution in [0.4, 0.5) is 0 Å². The highest BCUT2D eigenvalue weighted by molar-refractivity contribution is 5.26. The molecule has 2 aliphatic heterocycles. The highest BCUT2D eigenvalue weighted by Crippen LogP contribution is 2.60. The maximum atomic E-state index is 12.4. The van der Waals surface area contributed by atoms with E-state index in [1.807, 2.05) is 36.4 Å². The first kappa shape index (κ1) is 16.4. The minimum atomic E-state index is -1.24. The molecule has 2 saturated heterocycles. The van der Waals surface area contributed by atoms with Gasteiger partial charge in [-0.1, -0.05) is 42.5 Å². The summed E-state index contributed by atoms with van der Waals surface area (Å²) in [5, 5.41) is 12.4. The SMILES string of the molecule is CO[C@H]1O[C@@H]2CO[C@@H](c3ccccc3)O[C@H]2[C@]2([N+](=O)[O-])[C@H]1[C@@H]1C=C[C@H]2C1. The van der Waals surface area contributed by atoms with Crippen LogP contribution in [0.1, 0.15) is 18.3 Å². The molecular formula is C19H21NO6. The van der Waals surface area contributed by atoms with Gasteiger partial charge in [0.25, 0.3) is 5.54 Å². The first-order valence-electron chi connectivity index (χ1n) is 8.99. The molecule has 1 aromatic carbocycles. The summed E-state index contributed by atoms with van der Waals surface area (Å²) in [7, 11) is 1.54. The first-order valence-corrected chi connectivity index (χ1v) is 8.99. The Hall–Kier alpha value is -1.80. The molecule has 0 spiro atoms. The van der Waals surface area contributed by atoms with Crippen molar-refractivity contribution in [1.82, 2.24) is 0 Å². The molecule has 7 heteroatoms. The zero-order valence-electron chi connectivity index (χ0n) is 14.4. The number of benzene rings is 1. The van der Waals surface area contributed by atoms with Gasteiger partial charge < -0.3 is 18.9 Å². The molecule has 2 heterocycles. The number of hydrogen-bond acceptors (Lipinski definition) is 6. The van der Waals surface area contributed by atoms with Crippen LogP contribution in [0.3, 0.4) is 0 Å². The summed E-state index contributed by atoms with van der Waals surface area (Å²) in [6.45, 7) is 0.244. The van der Waals surface area contributed by atoms with Crippen LogP contribution in [0.15, 0.2) is 42.5 Å². The number of allylic oxidation sites excluding steroid dienone is 1. The van der Waals surface area contributed by atoms with Crippen molar-refractivity contribution in [3.05, 3.63) is 58.2 Å². The van der Waals surface area contributed by atoms with Crippen molar-refractivity contribution in [3.8, 4) is 0 Å². The Bertz CT molecular complexity index is 739. The molecule has 5 rings (SSSR count). The Balaban J connectivity index is 1.56. The third-order valence-corrected chi connectivity index (χ3v) is 6.40. The Morgan fingerprint density at radius 1 is 1.23 bits per heavy atom. The molecule has 4 aliphatic rings. The van der Waals surface area contributed by atoms with E-state index in [2.05, 4.69) is 6.08 Å². The van der Waals surface area contributed by atoms with E-state index in [0.717, 1.165) is 12.0 Å². The summed E-state index contributed by atoms with van der Waals surface area (Å²) in [6, 6.07) is 9.53. The summed E-state index contributed by atoms with van der Waals surface area (Å²) in [6.07, 6.45) is 2.36. The summed E-state index contributed by atoms with van der Waals surface area (Å²) >= 11 is 0. The van der Waals surface area contributed by atoms with Gasteiger partial charge in [0.05, 0.1) is 18.4 Å². The van der Waals surface area contributed by atoms with Crippen molar-refractivity contribution in [3.63, 3.8) is 0 Å². The van der Waals surface area contributed by atoms with E-state index in [4.69, 9.17) is 18.9 Å². The number of nitro groups is 1. The van der Waals surface area contributed by atoms with Crippen molar-refractivity contribution in [2.45, 2.75) is 36.7 Å². The van der Waals surface area contributed by atoms with Gasteiger partial charge in [-0.3, -0.25) is 10.1 Å². The molecule has 0 aromatic heterocycles. The van der Waals surface area contributed by atoms with Gasteiger partial charge in [-0.15, -0.1) is 0 Å². The second-order valence-electron chi connectivity index (χ2n) is 7.47. The fourth-order valence-electron chi connectivity index (χ4n) is 5.40. The van der Waals surface area contributed by atoms with Gasteiger partial charge in [0.1, 0.15) is 6.10 Å². The van der Waals surface area contributed by atoms with Crippen LogP contribution in [0.5, 0.6) is 0 Å². The molecule has 1 aromatic rings. The van der Waals surface area contributed by atoms with Crippen molar-refractivity contribution >= 4 is 0 Å². The number of methoxy groups -OCH3 is 1. The topological polar surface area (TPSA) is 80.1 Å². The Labute approximate surface area is 151 Å². The van der Waals surface area contributed by atoms with Crippen LogP contribution in [0.2, 0.25) is 0 Å². The molecular weight excluding hydrogens is 338 g/mol. The summed E-state index contributed by atoms with van der Waals surface area (Å²) in [5.74, 6) is -0.442. The van der Waals surface area contributed by atoms with E-state index >= 15 is 0 Å². The molecule has 3 fully saturated rings. The number of ether oxygens (including phenoxy) is 4. The molecule has 7 nitrogen and oxygen atoms in total. The predicted octanol–water partition coefficient (Wildman–Crippen LogP) is 2.31. The van der Waals surface area contributed by atoms with Gasteiger partial charge in [0, 0.05) is 17.6 Å². The molecule has 0 N–H and O–H groups in total. The zero-order chi connectivity index (χ0) is 17.9. The van der Waals surface area contributed by atoms with E-state index in [9.17, 15) is 10.1 Å². The molecule has 2 bridgehead atoms. The lowest BCUT2D eigenvalue weighted by molar-refractivity contribution is -0.623. The van der Waals surface area contributed by atoms with Crippen molar-refractivity contribution in [2.24, 2.45) is 17.8 Å². The van der Waals surface area contributed by atoms with Gasteiger partial charge in [-0.25, -0.2) is 0 Å². The van der Waals surface area contributed by atoms with Gasteiger partial charge in [-0.2, -0.15) is 0 Å². The summed E-state index contributed by atoms with van der Waals surface area (Å²) in [4.78, 5) is 12.3. The zero-order valence-corrected chi connectivity index (χ0v) is 14.4. The first-order chi connectivity index (χ1) is 12.7. The molecule has 2 aliphatic carbocycles. The second kappa shape index (κ2) is 5.85. The smallest absolute Gasteiger partial charge is 0.264 e. The summed E-state index contributed by atoms with van der Waals surface area (Å²) in [5.41, 5.74) is -0.381. The minimum Gasteiger partial charge on any atom is -0.355 e. The van der Waals surface area contributed by atoms with Crippen LogP contribution >= 0.6 is 0 Å². The fraction of sp³-hybridized carbons (Fsp3) is 0.579. The average Bonchev–Trinajstić information content (AvgIpc) is 3.28. The lowest BCUT2D eigenvalue weighted by atomic mass is 9.68. The average molecular weight is 359 g/mol. The lowest BCUT2D eigenvalue weighted by Gasteiger charge is -2.51. The van der Waals surface area contributed by atoms with Crippen molar-refractivity contribution < 1.29 is 23.9 Å². The molecule has 0 unspecified atom stereocenters. The Morgan fingerprint density at radius 2 is 2.04 bits per heavy atom. The largest absolute Gasteiger partial charge is 0.355 e. The second-order valence-corrected chi connectivity index (χ2v) is 7.47. The van der Waals surface area contributed by atoms with E-state index < -0.39 is 30.3 Å². The van der Waals surface area contributed by atoms with E-state index in [1.165, 1.54) is 0 Å². The van der Waals surface area contributed by atoms with Crippen molar-refractivity contribution in [1.29, 1.82) is 0 Å². The minimum absolute atomic E-state index is 0.0814. The van der Waals surface area contributed by atoms with E-state index in [-0.39, 0.29) is 29.3 Å². The van der Waals surface area contributed by atoms with Crippen LogP contribution in [-0.4, -0.2) is 42.7 Å². The number of hydrogen-bond donors (Lipinski definition) is 0. The molecule has 0 radical (unpaired) electrons. The molecule has 0 amide bonds. The van der Waals surface area contributed by atoms with Crippen LogP contribution in [0.25, 0.3) is 0 Å². The third-order valence-electron chi connectivity index (χ3n) is 6.40. The van der Waals surface area contributed by atoms with Crippen LogP contribution in [0, 0.1) is 27.9 Å². The number of nitrogens with zero attached hydrogens (tertiary/aromatic N) is 1. The van der Waals surface area contributed by atoms with Crippen molar-refractivity contribution in [2.75, 3.05) is 13.7 Å². The maximum absolute atomic E-state index is 12.4. The van der Waals surface area contributed by atoms with Gasteiger partial charge >= 0.3 is 0 Å². The quantitative estimate of drug-likeness (QED) is 0.468. The predicted molar refractivity (Wildman–Crippen MR) is 89.6 cm³/mol. The number of rotatable bonds is 3. The fourth-order valence-corrected chi connectivity index (χ4v) is 5.40.